The molecule has 1 amide bonds. The first kappa shape index (κ1) is 17.7. The van der Waals surface area contributed by atoms with E-state index in [9.17, 15) is 4.79 Å². The standard InChI is InChI=1S/C20H28N4O/c1-3-5-18(21)20(25)24-10-8-15(9-11-24)19-17(13-22-23-19)16-7-4-6-14(2)12-16/h4,6-7,12-13,15,18H,3,5,8-11,21H2,1-2H3,(H,22,23)/t18-/m0/s1. The van der Waals surface area contributed by atoms with Crippen molar-refractivity contribution < 1.29 is 4.79 Å². The second-order valence-electron chi connectivity index (χ2n) is 7.06. The van der Waals surface area contributed by atoms with Crippen LogP contribution in [0.1, 0.15) is 49.8 Å². The molecule has 0 saturated carbocycles. The third kappa shape index (κ3) is 3.93. The topological polar surface area (TPSA) is 75.0 Å². The van der Waals surface area contributed by atoms with E-state index in [2.05, 4.69) is 48.3 Å². The number of benzene rings is 1. The molecule has 1 fully saturated rings. The van der Waals surface area contributed by atoms with Gasteiger partial charge in [-0.2, -0.15) is 5.10 Å². The minimum Gasteiger partial charge on any atom is -0.341 e. The first-order valence-corrected chi connectivity index (χ1v) is 9.24. The number of nitrogens with zero attached hydrogens (tertiary/aromatic N) is 2. The number of piperidine rings is 1. The first-order chi connectivity index (χ1) is 12.1. The number of nitrogens with one attached hydrogen (secondary N) is 1. The number of likely N-dealkylation sites (tertiary alicyclic amines) is 1. The smallest absolute Gasteiger partial charge is 0.239 e. The molecule has 134 valence electrons. The number of H-pyrrole nitrogens is 1. The molecule has 1 aromatic carbocycles. The second-order valence-corrected chi connectivity index (χ2v) is 7.06. The van der Waals surface area contributed by atoms with Gasteiger partial charge in [0.05, 0.1) is 12.2 Å². The molecule has 2 heterocycles. The summed E-state index contributed by atoms with van der Waals surface area (Å²) < 4.78 is 0. The van der Waals surface area contributed by atoms with E-state index in [0.717, 1.165) is 38.8 Å². The van der Waals surface area contributed by atoms with Crippen molar-refractivity contribution in [1.82, 2.24) is 15.1 Å². The highest BCUT2D eigenvalue weighted by Gasteiger charge is 2.28. The van der Waals surface area contributed by atoms with Gasteiger partial charge in [0.25, 0.3) is 0 Å². The van der Waals surface area contributed by atoms with Crippen LogP contribution in [0.15, 0.2) is 30.5 Å². The summed E-state index contributed by atoms with van der Waals surface area (Å²) in [7, 11) is 0. The van der Waals surface area contributed by atoms with Crippen molar-refractivity contribution in [3.05, 3.63) is 41.7 Å². The summed E-state index contributed by atoms with van der Waals surface area (Å²) in [5.41, 5.74) is 10.8. The lowest BCUT2D eigenvalue weighted by atomic mass is 9.89. The Morgan fingerprint density at radius 1 is 1.40 bits per heavy atom. The SMILES string of the molecule is CCC[C@H](N)C(=O)N1CCC(c2[nH]ncc2-c2cccc(C)c2)CC1. The van der Waals surface area contributed by atoms with Crippen molar-refractivity contribution >= 4 is 5.91 Å². The van der Waals surface area contributed by atoms with E-state index in [1.807, 2.05) is 11.1 Å². The van der Waals surface area contributed by atoms with Gasteiger partial charge >= 0.3 is 0 Å². The molecule has 1 aliphatic heterocycles. The predicted octanol–water partition coefficient (Wildman–Crippen LogP) is 3.22. The fraction of sp³-hybridized carbons (Fsp3) is 0.500. The highest BCUT2D eigenvalue weighted by atomic mass is 16.2. The predicted molar refractivity (Wildman–Crippen MR) is 100 cm³/mol. The Morgan fingerprint density at radius 3 is 2.84 bits per heavy atom. The number of nitrogens with two attached hydrogens (primary N) is 1. The molecule has 1 aliphatic rings. The van der Waals surface area contributed by atoms with Crippen molar-refractivity contribution in [2.24, 2.45) is 5.73 Å². The monoisotopic (exact) mass is 340 g/mol. The van der Waals surface area contributed by atoms with Gasteiger partial charge in [0.15, 0.2) is 0 Å². The number of carbonyl (C=O) groups excluding carboxylic acids is 1. The van der Waals surface area contributed by atoms with Gasteiger partial charge in [-0.3, -0.25) is 9.89 Å². The summed E-state index contributed by atoms with van der Waals surface area (Å²) in [5, 5.41) is 7.49. The molecule has 0 unspecified atom stereocenters. The summed E-state index contributed by atoms with van der Waals surface area (Å²) in [4.78, 5) is 14.3. The van der Waals surface area contributed by atoms with Crippen LogP contribution in [0.2, 0.25) is 0 Å². The Labute approximate surface area is 149 Å². The summed E-state index contributed by atoms with van der Waals surface area (Å²) in [6.45, 7) is 5.71. The zero-order valence-corrected chi connectivity index (χ0v) is 15.2. The summed E-state index contributed by atoms with van der Waals surface area (Å²) in [5.74, 6) is 0.508. The van der Waals surface area contributed by atoms with Crippen molar-refractivity contribution in [3.63, 3.8) is 0 Å². The number of aryl methyl sites for hydroxylation is 1. The third-order valence-electron chi connectivity index (χ3n) is 5.13. The van der Waals surface area contributed by atoms with Crippen LogP contribution in [0.4, 0.5) is 0 Å². The molecule has 5 nitrogen and oxygen atoms in total. The highest BCUT2D eigenvalue weighted by Crippen LogP contribution is 2.34. The van der Waals surface area contributed by atoms with Gasteiger partial charge in [-0.1, -0.05) is 43.2 Å². The molecule has 2 aromatic rings. The lowest BCUT2D eigenvalue weighted by Gasteiger charge is -2.33. The number of carbonyl (C=O) groups is 1. The molecule has 0 aliphatic carbocycles. The number of rotatable bonds is 5. The normalized spacial score (nSPS) is 16.8. The van der Waals surface area contributed by atoms with Crippen molar-refractivity contribution in [1.29, 1.82) is 0 Å². The van der Waals surface area contributed by atoms with Crippen LogP contribution in [0.25, 0.3) is 11.1 Å². The van der Waals surface area contributed by atoms with Gasteiger partial charge < -0.3 is 10.6 Å². The van der Waals surface area contributed by atoms with Gasteiger partial charge in [0.1, 0.15) is 0 Å². The maximum atomic E-state index is 12.4. The number of hydrogen-bond donors (Lipinski definition) is 2. The molecule has 1 atom stereocenters. The average Bonchev–Trinajstić information content (AvgIpc) is 3.11. The Bertz CT molecular complexity index is 716. The van der Waals surface area contributed by atoms with E-state index >= 15 is 0 Å². The molecule has 25 heavy (non-hydrogen) atoms. The molecule has 5 heteroatoms. The Morgan fingerprint density at radius 2 is 2.16 bits per heavy atom. The minimum atomic E-state index is -0.350. The van der Waals surface area contributed by atoms with E-state index < -0.39 is 0 Å². The van der Waals surface area contributed by atoms with Gasteiger partial charge in [-0.15, -0.1) is 0 Å². The summed E-state index contributed by atoms with van der Waals surface area (Å²) >= 11 is 0. The van der Waals surface area contributed by atoms with E-state index in [-0.39, 0.29) is 11.9 Å². The van der Waals surface area contributed by atoms with Gasteiger partial charge in [-0.25, -0.2) is 0 Å². The number of aromatic nitrogens is 2. The van der Waals surface area contributed by atoms with Gasteiger partial charge in [0, 0.05) is 30.3 Å². The van der Waals surface area contributed by atoms with Gasteiger partial charge in [-0.05, 0) is 31.7 Å². The van der Waals surface area contributed by atoms with Gasteiger partial charge in [0.2, 0.25) is 5.91 Å². The number of hydrogen-bond acceptors (Lipinski definition) is 3. The number of aromatic amines is 1. The van der Waals surface area contributed by atoms with Crippen LogP contribution in [0.3, 0.4) is 0 Å². The fourth-order valence-corrected chi connectivity index (χ4v) is 3.71. The van der Waals surface area contributed by atoms with Crippen LogP contribution in [-0.2, 0) is 4.79 Å². The van der Waals surface area contributed by atoms with Crippen LogP contribution >= 0.6 is 0 Å². The number of amides is 1. The van der Waals surface area contributed by atoms with Crippen molar-refractivity contribution in [3.8, 4) is 11.1 Å². The molecule has 1 aromatic heterocycles. The fourth-order valence-electron chi connectivity index (χ4n) is 3.71. The zero-order valence-electron chi connectivity index (χ0n) is 15.2. The molecular weight excluding hydrogens is 312 g/mol. The molecule has 0 spiro atoms. The summed E-state index contributed by atoms with van der Waals surface area (Å²) in [6, 6.07) is 8.15. The molecule has 1 saturated heterocycles. The third-order valence-corrected chi connectivity index (χ3v) is 5.13. The second kappa shape index (κ2) is 7.83. The highest BCUT2D eigenvalue weighted by molar-refractivity contribution is 5.81. The van der Waals surface area contributed by atoms with E-state index in [0.29, 0.717) is 5.92 Å². The molecule has 0 radical (unpaired) electrons. The maximum absolute atomic E-state index is 12.4. The lowest BCUT2D eigenvalue weighted by Crippen LogP contribution is -2.46. The van der Waals surface area contributed by atoms with E-state index in [4.69, 9.17) is 5.73 Å². The van der Waals surface area contributed by atoms with Crippen molar-refractivity contribution in [2.45, 2.75) is 51.5 Å². The first-order valence-electron chi connectivity index (χ1n) is 9.24. The van der Waals surface area contributed by atoms with E-state index in [1.54, 1.807) is 0 Å². The summed E-state index contributed by atoms with van der Waals surface area (Å²) in [6.07, 6.45) is 5.52. The Kier molecular flexibility index (Phi) is 5.53. The minimum absolute atomic E-state index is 0.101. The lowest BCUT2D eigenvalue weighted by molar-refractivity contribution is -0.133. The Balaban J connectivity index is 1.68. The molecular formula is C20H28N4O. The van der Waals surface area contributed by atoms with Crippen LogP contribution in [-0.4, -0.2) is 40.1 Å². The quantitative estimate of drug-likeness (QED) is 0.877. The van der Waals surface area contributed by atoms with Crippen molar-refractivity contribution in [2.75, 3.05) is 13.1 Å². The maximum Gasteiger partial charge on any atom is 0.239 e. The molecule has 3 rings (SSSR count). The Hall–Kier alpha value is -2.14. The molecule has 0 bridgehead atoms. The zero-order chi connectivity index (χ0) is 17.8. The van der Waals surface area contributed by atoms with Crippen LogP contribution in [0, 0.1) is 6.92 Å². The van der Waals surface area contributed by atoms with Crippen LogP contribution < -0.4 is 5.73 Å². The van der Waals surface area contributed by atoms with Crippen LogP contribution in [0.5, 0.6) is 0 Å². The largest absolute Gasteiger partial charge is 0.341 e. The van der Waals surface area contributed by atoms with E-state index in [1.165, 1.54) is 22.4 Å². The average molecular weight is 340 g/mol. The molecule has 3 N–H and O–H groups in total.